The normalized spacial score (nSPS) is 12.8. The molecule has 102 valence electrons. The Morgan fingerprint density at radius 3 is 2.61 bits per heavy atom. The average molecular weight is 253 g/mol. The highest BCUT2D eigenvalue weighted by molar-refractivity contribution is 5.93. The maximum atomic E-state index is 12.0. The quantitative estimate of drug-likeness (QED) is 0.817. The van der Waals surface area contributed by atoms with E-state index in [2.05, 4.69) is 19.2 Å². The van der Waals surface area contributed by atoms with Crippen molar-refractivity contribution < 1.29 is 14.3 Å². The van der Waals surface area contributed by atoms with Crippen LogP contribution in [0.1, 0.15) is 49.1 Å². The molecule has 0 bridgehead atoms. The number of aliphatic hydroxyl groups is 1. The van der Waals surface area contributed by atoms with Gasteiger partial charge in [-0.15, -0.1) is 0 Å². The van der Waals surface area contributed by atoms with Crippen molar-refractivity contribution in [1.82, 2.24) is 5.32 Å². The lowest BCUT2D eigenvalue weighted by atomic mass is 10.0. The summed E-state index contributed by atoms with van der Waals surface area (Å²) in [6.07, 6.45) is 1.52. The Labute approximate surface area is 108 Å². The van der Waals surface area contributed by atoms with Gasteiger partial charge in [-0.25, -0.2) is 0 Å². The standard InChI is InChI=1S/C14H23NO3/c1-5-12-7-10(4)13(18-12)14(17)15-11(8-16)6-9(2)3/h7,9,11,16H,5-6,8H2,1-4H3,(H,15,17)/t11-/m1/s1. The van der Waals surface area contributed by atoms with E-state index in [4.69, 9.17) is 4.42 Å². The first-order valence-corrected chi connectivity index (χ1v) is 6.48. The number of carbonyl (C=O) groups is 1. The van der Waals surface area contributed by atoms with Crippen LogP contribution in [0.3, 0.4) is 0 Å². The Morgan fingerprint density at radius 2 is 2.17 bits per heavy atom. The van der Waals surface area contributed by atoms with Gasteiger partial charge in [0.25, 0.3) is 5.91 Å². The number of amides is 1. The van der Waals surface area contributed by atoms with Crippen LogP contribution in [0.15, 0.2) is 10.5 Å². The summed E-state index contributed by atoms with van der Waals surface area (Å²) in [6.45, 7) is 7.90. The molecule has 0 spiro atoms. The second-order valence-electron chi connectivity index (χ2n) is 5.06. The molecule has 1 aromatic heterocycles. The average Bonchev–Trinajstić information content (AvgIpc) is 2.69. The fraction of sp³-hybridized carbons (Fsp3) is 0.643. The topological polar surface area (TPSA) is 62.5 Å². The minimum atomic E-state index is -0.244. The summed E-state index contributed by atoms with van der Waals surface area (Å²) < 4.78 is 5.48. The molecule has 1 aromatic rings. The molecule has 0 fully saturated rings. The van der Waals surface area contributed by atoms with Gasteiger partial charge in [0.15, 0.2) is 5.76 Å². The zero-order valence-corrected chi connectivity index (χ0v) is 11.6. The first-order chi connectivity index (χ1) is 8.47. The Kier molecular flexibility index (Phi) is 5.41. The summed E-state index contributed by atoms with van der Waals surface area (Å²) in [7, 11) is 0. The van der Waals surface area contributed by atoms with E-state index in [-0.39, 0.29) is 18.6 Å². The number of aliphatic hydroxyl groups excluding tert-OH is 1. The number of hydrogen-bond acceptors (Lipinski definition) is 3. The van der Waals surface area contributed by atoms with Gasteiger partial charge < -0.3 is 14.8 Å². The highest BCUT2D eigenvalue weighted by Crippen LogP contribution is 2.15. The first-order valence-electron chi connectivity index (χ1n) is 6.48. The van der Waals surface area contributed by atoms with Crippen LogP contribution < -0.4 is 5.32 Å². The van der Waals surface area contributed by atoms with Crippen molar-refractivity contribution in [3.05, 3.63) is 23.2 Å². The number of rotatable bonds is 6. The molecule has 0 unspecified atom stereocenters. The van der Waals surface area contributed by atoms with Gasteiger partial charge in [0.2, 0.25) is 0 Å². The fourth-order valence-electron chi connectivity index (χ4n) is 1.95. The molecular formula is C14H23NO3. The highest BCUT2D eigenvalue weighted by atomic mass is 16.4. The lowest BCUT2D eigenvalue weighted by molar-refractivity contribution is 0.0878. The predicted octanol–water partition coefficient (Wildman–Crippen LogP) is 2.29. The van der Waals surface area contributed by atoms with Crippen LogP contribution in [-0.4, -0.2) is 23.7 Å². The number of hydrogen-bond donors (Lipinski definition) is 2. The van der Waals surface area contributed by atoms with Crippen molar-refractivity contribution in [3.8, 4) is 0 Å². The summed E-state index contributed by atoms with van der Waals surface area (Å²) in [5.41, 5.74) is 0.839. The minimum absolute atomic E-state index is 0.0513. The third-order valence-corrected chi connectivity index (χ3v) is 2.84. The van der Waals surface area contributed by atoms with Gasteiger partial charge in [-0.3, -0.25) is 4.79 Å². The van der Waals surface area contributed by atoms with Crippen LogP contribution >= 0.6 is 0 Å². The van der Waals surface area contributed by atoms with Gasteiger partial charge in [0.1, 0.15) is 5.76 Å². The predicted molar refractivity (Wildman–Crippen MR) is 70.6 cm³/mol. The summed E-state index contributed by atoms with van der Waals surface area (Å²) in [6, 6.07) is 1.66. The second-order valence-corrected chi connectivity index (χ2v) is 5.06. The molecule has 2 N–H and O–H groups in total. The summed E-state index contributed by atoms with van der Waals surface area (Å²) in [5.74, 6) is 1.34. The molecule has 1 atom stereocenters. The van der Waals surface area contributed by atoms with Gasteiger partial charge in [-0.1, -0.05) is 20.8 Å². The molecular weight excluding hydrogens is 230 g/mol. The third-order valence-electron chi connectivity index (χ3n) is 2.84. The maximum absolute atomic E-state index is 12.0. The van der Waals surface area contributed by atoms with Crippen molar-refractivity contribution in [3.63, 3.8) is 0 Å². The molecule has 0 radical (unpaired) electrons. The monoisotopic (exact) mass is 253 g/mol. The van der Waals surface area contributed by atoms with Crippen molar-refractivity contribution in [1.29, 1.82) is 0 Å². The SMILES string of the molecule is CCc1cc(C)c(C(=O)N[C@@H](CO)CC(C)C)o1. The van der Waals surface area contributed by atoms with E-state index in [1.54, 1.807) is 0 Å². The van der Waals surface area contributed by atoms with Crippen molar-refractivity contribution in [2.75, 3.05) is 6.61 Å². The molecule has 18 heavy (non-hydrogen) atoms. The third kappa shape index (κ3) is 3.88. The molecule has 0 aliphatic carbocycles. The smallest absolute Gasteiger partial charge is 0.287 e. The van der Waals surface area contributed by atoms with E-state index >= 15 is 0 Å². The van der Waals surface area contributed by atoms with Crippen LogP contribution in [0.4, 0.5) is 0 Å². The molecule has 4 nitrogen and oxygen atoms in total. The molecule has 0 aliphatic heterocycles. The Bertz CT molecular complexity index is 396. The molecule has 1 amide bonds. The Morgan fingerprint density at radius 1 is 1.50 bits per heavy atom. The van der Waals surface area contributed by atoms with Crippen LogP contribution in [0, 0.1) is 12.8 Å². The second kappa shape index (κ2) is 6.59. The van der Waals surface area contributed by atoms with Crippen molar-refractivity contribution >= 4 is 5.91 Å². The lowest BCUT2D eigenvalue weighted by Gasteiger charge is -2.17. The van der Waals surface area contributed by atoms with E-state index in [9.17, 15) is 9.90 Å². The zero-order chi connectivity index (χ0) is 13.7. The van der Waals surface area contributed by atoms with E-state index in [0.717, 1.165) is 24.2 Å². The molecule has 0 aromatic carbocycles. The van der Waals surface area contributed by atoms with Gasteiger partial charge >= 0.3 is 0 Å². The first kappa shape index (κ1) is 14.8. The molecule has 0 aliphatic rings. The van der Waals surface area contributed by atoms with Crippen LogP contribution in [0.25, 0.3) is 0 Å². The Hall–Kier alpha value is -1.29. The van der Waals surface area contributed by atoms with E-state index in [1.165, 1.54) is 0 Å². The summed E-state index contributed by atoms with van der Waals surface area (Å²) in [4.78, 5) is 12.0. The largest absolute Gasteiger partial charge is 0.456 e. The molecule has 1 rings (SSSR count). The van der Waals surface area contributed by atoms with Crippen LogP contribution in [0.5, 0.6) is 0 Å². The van der Waals surface area contributed by atoms with Crippen molar-refractivity contribution in [2.24, 2.45) is 5.92 Å². The molecule has 1 heterocycles. The lowest BCUT2D eigenvalue weighted by Crippen LogP contribution is -2.38. The fourth-order valence-corrected chi connectivity index (χ4v) is 1.95. The number of nitrogens with one attached hydrogen (secondary N) is 1. The van der Waals surface area contributed by atoms with Gasteiger partial charge in [-0.2, -0.15) is 0 Å². The number of carbonyl (C=O) groups excluding carboxylic acids is 1. The zero-order valence-electron chi connectivity index (χ0n) is 11.6. The highest BCUT2D eigenvalue weighted by Gasteiger charge is 2.19. The van der Waals surface area contributed by atoms with E-state index < -0.39 is 0 Å². The van der Waals surface area contributed by atoms with Crippen molar-refractivity contribution in [2.45, 2.75) is 46.6 Å². The van der Waals surface area contributed by atoms with Gasteiger partial charge in [0.05, 0.1) is 12.6 Å². The minimum Gasteiger partial charge on any atom is -0.456 e. The summed E-state index contributed by atoms with van der Waals surface area (Å²) in [5, 5.41) is 12.1. The number of furan rings is 1. The number of aryl methyl sites for hydroxylation is 2. The Balaban J connectivity index is 2.71. The van der Waals surface area contributed by atoms with Crippen LogP contribution in [0.2, 0.25) is 0 Å². The van der Waals surface area contributed by atoms with Crippen LogP contribution in [-0.2, 0) is 6.42 Å². The summed E-state index contributed by atoms with van der Waals surface area (Å²) >= 11 is 0. The molecule has 4 heteroatoms. The molecule has 0 saturated heterocycles. The van der Waals surface area contributed by atoms with Gasteiger partial charge in [-0.05, 0) is 25.3 Å². The maximum Gasteiger partial charge on any atom is 0.287 e. The van der Waals surface area contributed by atoms with E-state index in [1.807, 2.05) is 19.9 Å². The van der Waals surface area contributed by atoms with E-state index in [0.29, 0.717) is 11.7 Å². The van der Waals surface area contributed by atoms with Gasteiger partial charge in [0, 0.05) is 12.0 Å². The molecule has 0 saturated carbocycles.